The zero-order valence-corrected chi connectivity index (χ0v) is 16.6. The van der Waals surface area contributed by atoms with Gasteiger partial charge in [0.15, 0.2) is 9.84 Å². The number of benzene rings is 2. The van der Waals surface area contributed by atoms with E-state index in [1.54, 1.807) is 36.4 Å². The lowest BCUT2D eigenvalue weighted by molar-refractivity contribution is 0.0675. The molecule has 5 rings (SSSR count). The molecule has 1 fully saturated rings. The first-order valence-corrected chi connectivity index (χ1v) is 11.3. The van der Waals surface area contributed by atoms with E-state index in [1.165, 1.54) is 17.0 Å². The maximum atomic E-state index is 14.9. The minimum atomic E-state index is -3.26. The predicted molar refractivity (Wildman–Crippen MR) is 107 cm³/mol. The van der Waals surface area contributed by atoms with Crippen molar-refractivity contribution in [2.24, 2.45) is 0 Å². The molecule has 2 atom stereocenters. The van der Waals surface area contributed by atoms with Crippen molar-refractivity contribution in [3.63, 3.8) is 0 Å². The van der Waals surface area contributed by atoms with Gasteiger partial charge in [-0.05, 0) is 24.6 Å². The maximum Gasteiger partial charge on any atom is 0.273 e. The number of carbonyl (C=O) groups is 1. The number of phenols is 1. The third kappa shape index (κ3) is 2.80. The van der Waals surface area contributed by atoms with Crippen LogP contribution >= 0.6 is 0 Å². The van der Waals surface area contributed by atoms with Crippen LogP contribution in [0.4, 0.5) is 4.39 Å². The Hall–Kier alpha value is -3.20. The Bertz CT molecular complexity index is 1270. The van der Waals surface area contributed by atoms with Crippen molar-refractivity contribution in [1.29, 1.82) is 0 Å². The highest BCUT2D eigenvalue weighted by Crippen LogP contribution is 2.46. The normalized spacial score (nSPS) is 22.4. The number of carbonyl (C=O) groups excluding carboxylic acids is 1. The van der Waals surface area contributed by atoms with Gasteiger partial charge in [-0.3, -0.25) is 9.89 Å². The number of aromatic hydroxyl groups is 1. The first kappa shape index (κ1) is 18.8. The van der Waals surface area contributed by atoms with Gasteiger partial charge in [-0.15, -0.1) is 0 Å². The number of phenolic OH excluding ortho intramolecular Hbond substituents is 1. The quantitative estimate of drug-likeness (QED) is 0.669. The van der Waals surface area contributed by atoms with E-state index in [4.69, 9.17) is 0 Å². The number of H-pyrrole nitrogens is 1. The van der Waals surface area contributed by atoms with E-state index >= 15 is 0 Å². The Balaban J connectivity index is 1.72. The summed E-state index contributed by atoms with van der Waals surface area (Å²) in [6.07, 6.45) is 0.294. The minimum absolute atomic E-state index is 0.00997. The van der Waals surface area contributed by atoms with Crippen molar-refractivity contribution in [3.05, 3.63) is 71.2 Å². The summed E-state index contributed by atoms with van der Waals surface area (Å²) in [6, 6.07) is 11.3. The van der Waals surface area contributed by atoms with Crippen molar-refractivity contribution in [2.75, 3.05) is 11.5 Å². The molecule has 0 saturated carbocycles. The van der Waals surface area contributed by atoms with Gasteiger partial charge in [0.1, 0.15) is 23.0 Å². The van der Waals surface area contributed by atoms with Crippen LogP contribution in [0.25, 0.3) is 11.3 Å². The van der Waals surface area contributed by atoms with Gasteiger partial charge in [0.25, 0.3) is 5.91 Å². The van der Waals surface area contributed by atoms with E-state index in [-0.39, 0.29) is 28.5 Å². The molecule has 3 aromatic rings. The standard InChI is InChI=1S/C21H18FN3O4S/c22-15-7-3-1-5-13(15)20-17-18(14-6-2-4-8-16(14)26)23-24-19(17)21(27)25(20)12-9-10-30(28,29)11-12/h1-8,12,20,26H,9-11H2,(H,23,24)/t12-,20+/m1/s1. The number of sulfone groups is 1. The van der Waals surface area contributed by atoms with Gasteiger partial charge in [0, 0.05) is 22.7 Å². The summed E-state index contributed by atoms with van der Waals surface area (Å²) in [5.41, 5.74) is 1.63. The van der Waals surface area contributed by atoms with Gasteiger partial charge in [-0.2, -0.15) is 5.10 Å². The van der Waals surface area contributed by atoms with E-state index in [9.17, 15) is 22.7 Å². The first-order valence-electron chi connectivity index (χ1n) is 9.51. The van der Waals surface area contributed by atoms with Crippen LogP contribution in [0.3, 0.4) is 0 Å². The average Bonchev–Trinajstić information content (AvgIpc) is 3.36. The fourth-order valence-electron chi connectivity index (χ4n) is 4.42. The Morgan fingerprint density at radius 2 is 1.87 bits per heavy atom. The molecule has 7 nitrogen and oxygen atoms in total. The summed E-state index contributed by atoms with van der Waals surface area (Å²) >= 11 is 0. The highest BCUT2D eigenvalue weighted by molar-refractivity contribution is 7.91. The summed E-state index contributed by atoms with van der Waals surface area (Å²) in [4.78, 5) is 14.7. The molecule has 0 spiro atoms. The van der Waals surface area contributed by atoms with Crippen LogP contribution in [0.1, 0.15) is 34.1 Å². The number of rotatable bonds is 3. The Morgan fingerprint density at radius 1 is 1.13 bits per heavy atom. The fraction of sp³-hybridized carbons (Fsp3) is 0.238. The summed E-state index contributed by atoms with van der Waals surface area (Å²) < 4.78 is 39.0. The molecule has 3 heterocycles. The number of fused-ring (bicyclic) bond motifs is 1. The van der Waals surface area contributed by atoms with Gasteiger partial charge in [-0.1, -0.05) is 30.3 Å². The molecule has 9 heteroatoms. The molecule has 30 heavy (non-hydrogen) atoms. The zero-order valence-electron chi connectivity index (χ0n) is 15.7. The van der Waals surface area contributed by atoms with Crippen LogP contribution in [0.2, 0.25) is 0 Å². The molecule has 0 radical (unpaired) electrons. The van der Waals surface area contributed by atoms with Crippen molar-refractivity contribution in [1.82, 2.24) is 15.1 Å². The Morgan fingerprint density at radius 3 is 2.57 bits per heavy atom. The SMILES string of the molecule is O=C1c2[nH]nc(-c3ccccc3O)c2[C@H](c2ccccc2F)N1[C@@H]1CCS(=O)(=O)C1. The van der Waals surface area contributed by atoms with Crippen molar-refractivity contribution in [3.8, 4) is 17.0 Å². The molecule has 2 N–H and O–H groups in total. The number of nitrogens with one attached hydrogen (secondary N) is 1. The number of nitrogens with zero attached hydrogens (tertiary/aromatic N) is 2. The zero-order chi connectivity index (χ0) is 21.0. The second-order valence-electron chi connectivity index (χ2n) is 7.57. The van der Waals surface area contributed by atoms with Gasteiger partial charge in [0.2, 0.25) is 0 Å². The van der Waals surface area contributed by atoms with Crippen LogP contribution < -0.4 is 0 Å². The van der Waals surface area contributed by atoms with E-state index < -0.39 is 33.6 Å². The smallest absolute Gasteiger partial charge is 0.273 e. The molecule has 1 aromatic heterocycles. The summed E-state index contributed by atoms with van der Waals surface area (Å²) in [5.74, 6) is -1.11. The molecular weight excluding hydrogens is 409 g/mol. The average molecular weight is 427 g/mol. The van der Waals surface area contributed by atoms with Gasteiger partial charge < -0.3 is 10.0 Å². The van der Waals surface area contributed by atoms with Crippen LogP contribution in [-0.2, 0) is 9.84 Å². The third-order valence-corrected chi connectivity index (χ3v) is 7.52. The monoisotopic (exact) mass is 427 g/mol. The van der Waals surface area contributed by atoms with E-state index in [0.717, 1.165) is 0 Å². The highest BCUT2D eigenvalue weighted by Gasteiger charge is 2.48. The van der Waals surface area contributed by atoms with Gasteiger partial charge >= 0.3 is 0 Å². The lowest BCUT2D eigenvalue weighted by atomic mass is 9.94. The number of halogens is 1. The maximum absolute atomic E-state index is 14.9. The number of hydrogen-bond acceptors (Lipinski definition) is 5. The number of aromatic nitrogens is 2. The lowest BCUT2D eigenvalue weighted by Gasteiger charge is -2.31. The molecule has 2 aliphatic heterocycles. The molecule has 0 bridgehead atoms. The number of hydrogen-bond donors (Lipinski definition) is 2. The number of para-hydroxylation sites is 1. The van der Waals surface area contributed by atoms with Crippen LogP contribution in [-0.4, -0.2) is 52.1 Å². The molecule has 1 saturated heterocycles. The Labute approximate surface area is 172 Å². The number of amides is 1. The molecule has 0 unspecified atom stereocenters. The van der Waals surface area contributed by atoms with Crippen LogP contribution in [0, 0.1) is 5.82 Å². The first-order chi connectivity index (χ1) is 14.4. The molecule has 2 aromatic carbocycles. The third-order valence-electron chi connectivity index (χ3n) is 5.76. The largest absolute Gasteiger partial charge is 0.507 e. The Kier molecular flexibility index (Phi) is 4.18. The van der Waals surface area contributed by atoms with E-state index in [1.807, 2.05) is 0 Å². The predicted octanol–water partition coefficient (Wildman–Crippen LogP) is 2.65. The second kappa shape index (κ2) is 6.66. The lowest BCUT2D eigenvalue weighted by Crippen LogP contribution is -2.40. The summed E-state index contributed by atoms with van der Waals surface area (Å²) in [6.45, 7) is 0. The molecule has 1 amide bonds. The van der Waals surface area contributed by atoms with Gasteiger partial charge in [-0.25, -0.2) is 12.8 Å². The molecular formula is C21H18FN3O4S. The second-order valence-corrected chi connectivity index (χ2v) is 9.80. The summed E-state index contributed by atoms with van der Waals surface area (Å²) in [5, 5.41) is 17.3. The molecule has 2 aliphatic rings. The highest BCUT2D eigenvalue weighted by atomic mass is 32.2. The van der Waals surface area contributed by atoms with E-state index in [2.05, 4.69) is 10.2 Å². The molecule has 0 aliphatic carbocycles. The molecule has 154 valence electrons. The van der Waals surface area contributed by atoms with Crippen molar-refractivity contribution >= 4 is 15.7 Å². The summed E-state index contributed by atoms with van der Waals surface area (Å²) in [7, 11) is -3.26. The van der Waals surface area contributed by atoms with Crippen molar-refractivity contribution in [2.45, 2.75) is 18.5 Å². The van der Waals surface area contributed by atoms with Crippen molar-refractivity contribution < 1.29 is 22.7 Å². The fourth-order valence-corrected chi connectivity index (χ4v) is 6.13. The number of aromatic amines is 1. The van der Waals surface area contributed by atoms with Gasteiger partial charge in [0.05, 0.1) is 17.5 Å². The minimum Gasteiger partial charge on any atom is -0.507 e. The topological polar surface area (TPSA) is 103 Å². The van der Waals surface area contributed by atoms with E-state index in [0.29, 0.717) is 23.2 Å². The van der Waals surface area contributed by atoms with Crippen LogP contribution in [0.5, 0.6) is 5.75 Å². The van der Waals surface area contributed by atoms with Crippen LogP contribution in [0.15, 0.2) is 48.5 Å².